The average molecular weight is 1400 g/mol. The molecule has 8 aromatic heterocycles. The van der Waals surface area contributed by atoms with Crippen molar-refractivity contribution in [2.24, 2.45) is 0 Å². The summed E-state index contributed by atoms with van der Waals surface area (Å²) in [7, 11) is 0.784. The molecule has 3 aliphatic rings. The van der Waals surface area contributed by atoms with Crippen LogP contribution in [0.4, 0.5) is 15.4 Å². The van der Waals surface area contributed by atoms with Gasteiger partial charge in [0.25, 0.3) is 0 Å². The van der Waals surface area contributed by atoms with Crippen molar-refractivity contribution in [3.8, 4) is 11.6 Å². The Kier molecular flexibility index (Phi) is 27.9. The Labute approximate surface area is 591 Å². The molecular formula is C78H104BBrN12O6. The Morgan fingerprint density at radius 3 is 1.43 bits per heavy atom. The number of aryl methyl sites for hydroxylation is 13. The molecule has 0 unspecified atom stereocenters. The molecule has 0 aliphatic carbocycles. The topological polar surface area (TPSA) is 216 Å². The quantitative estimate of drug-likeness (QED) is 0.0864. The number of nitrogens with two attached hydrogens (primary N) is 1. The first-order chi connectivity index (χ1) is 46.0. The molecule has 1 saturated heterocycles. The van der Waals surface area contributed by atoms with Gasteiger partial charge in [-0.25, -0.2) is 24.5 Å². The second-order valence-electron chi connectivity index (χ2n) is 28.0. The van der Waals surface area contributed by atoms with Crippen LogP contribution >= 0.6 is 15.9 Å². The lowest BCUT2D eigenvalue weighted by atomic mass is 9.76. The Morgan fingerprint density at radius 2 is 0.990 bits per heavy atom. The number of rotatable bonds is 14. The number of ether oxygens (including phenoxy) is 2. The van der Waals surface area contributed by atoms with Crippen molar-refractivity contribution in [1.82, 2.24) is 53.7 Å². The lowest BCUT2D eigenvalue weighted by Crippen LogP contribution is -2.40. The van der Waals surface area contributed by atoms with E-state index in [-0.39, 0.29) is 19.6 Å². The van der Waals surface area contributed by atoms with Crippen molar-refractivity contribution in [2.75, 3.05) is 52.0 Å². The minimum absolute atomic E-state index is 0. The van der Waals surface area contributed by atoms with Crippen LogP contribution in [0.1, 0.15) is 165 Å². The minimum atomic E-state index is -1.42. The number of anilines is 1. The SMILES string of the molecule is C.CC(C)(C)OC(=O)N1CC=C(B(O)O)CC1.Cc1cc(CCc2cncc(Br)c2)nc(-n2c(C)ccc2C)c1.Cc1cc(CCc2cncc(C3=CCN(C(=O)OC(C)(C)C)CC3)c2)nc(-n2c(C)ccc2C)c1.Cc1cc(N)nc(CCc2cncc(C3CCN(C)CC3)c2)c1. The molecule has 1 fully saturated rings. The smallest absolute Gasteiger partial charge is 0.444 e. The van der Waals surface area contributed by atoms with Crippen molar-refractivity contribution in [3.63, 3.8) is 0 Å². The number of pyridine rings is 6. The number of carbonyl (C=O) groups excluding carboxylic acids is 2. The van der Waals surface area contributed by atoms with Crippen LogP contribution in [0, 0.1) is 48.5 Å². The number of hydrogen-bond donors (Lipinski definition) is 3. The molecule has 3 aliphatic heterocycles. The van der Waals surface area contributed by atoms with Crippen LogP contribution in [0.15, 0.2) is 138 Å². The third kappa shape index (κ3) is 23.7. The third-order valence-corrected chi connectivity index (χ3v) is 17.5. The Morgan fingerprint density at radius 1 is 0.551 bits per heavy atom. The fourth-order valence-corrected chi connectivity index (χ4v) is 12.5. The number of amides is 2. The van der Waals surface area contributed by atoms with Gasteiger partial charge in [-0.2, -0.15) is 0 Å². The first-order valence-corrected chi connectivity index (χ1v) is 34.7. The molecule has 0 atom stereocenters. The lowest BCUT2D eigenvalue weighted by Gasteiger charge is -2.29. The van der Waals surface area contributed by atoms with Gasteiger partial charge in [-0.3, -0.25) is 15.0 Å². The van der Waals surface area contributed by atoms with E-state index in [0.717, 1.165) is 83.7 Å². The van der Waals surface area contributed by atoms with Crippen LogP contribution < -0.4 is 5.73 Å². The van der Waals surface area contributed by atoms with Gasteiger partial charge in [-0.15, -0.1) is 0 Å². The van der Waals surface area contributed by atoms with E-state index in [9.17, 15) is 9.59 Å². The monoisotopic (exact) mass is 1390 g/mol. The fraction of sp³-hybridized carbons (Fsp3) is 0.436. The summed E-state index contributed by atoms with van der Waals surface area (Å²) < 4.78 is 16.1. The normalized spacial score (nSPS) is 14.3. The summed E-state index contributed by atoms with van der Waals surface area (Å²) in [6, 6.07) is 27.8. The molecule has 0 bridgehead atoms. The number of aromatic nitrogens is 8. The first kappa shape index (κ1) is 77.1. The predicted molar refractivity (Wildman–Crippen MR) is 399 cm³/mol. The minimum Gasteiger partial charge on any atom is -0.444 e. The van der Waals surface area contributed by atoms with Crippen LogP contribution in [0.2, 0.25) is 0 Å². The maximum Gasteiger partial charge on any atom is 0.483 e. The summed E-state index contributed by atoms with van der Waals surface area (Å²) in [5.41, 5.74) is 24.6. The summed E-state index contributed by atoms with van der Waals surface area (Å²) in [5, 5.41) is 17.9. The molecule has 11 rings (SSSR count). The van der Waals surface area contributed by atoms with Crippen molar-refractivity contribution in [2.45, 2.75) is 179 Å². The Balaban J connectivity index is 0.000000190. The van der Waals surface area contributed by atoms with Crippen molar-refractivity contribution < 1.29 is 29.1 Å². The molecular weight excluding hydrogens is 1290 g/mol. The number of carbonyl (C=O) groups is 2. The first-order valence-electron chi connectivity index (χ1n) is 33.9. The van der Waals surface area contributed by atoms with E-state index in [1.807, 2.05) is 84.8 Å². The van der Waals surface area contributed by atoms with Gasteiger partial charge in [-0.1, -0.05) is 25.6 Å². The Hall–Kier alpha value is -8.30. The van der Waals surface area contributed by atoms with Gasteiger partial charge in [-0.05, 0) is 325 Å². The van der Waals surface area contributed by atoms with Gasteiger partial charge in [0.15, 0.2) is 0 Å². The zero-order chi connectivity index (χ0) is 70.1. The zero-order valence-electron chi connectivity index (χ0n) is 59.5. The second kappa shape index (κ2) is 35.5. The van der Waals surface area contributed by atoms with Gasteiger partial charge in [0.05, 0.1) is 0 Å². The van der Waals surface area contributed by atoms with E-state index >= 15 is 0 Å². The summed E-state index contributed by atoms with van der Waals surface area (Å²) in [5.74, 6) is 3.26. The maximum absolute atomic E-state index is 12.3. The highest BCUT2D eigenvalue weighted by Crippen LogP contribution is 2.29. The van der Waals surface area contributed by atoms with Crippen LogP contribution in [0.3, 0.4) is 0 Å². The van der Waals surface area contributed by atoms with E-state index in [2.05, 4.69) is 184 Å². The highest BCUT2D eigenvalue weighted by Gasteiger charge is 2.28. The standard InChI is InChI=1S/C29H36N4O2.C19H20BrN3.C19H26N4.C10H18BNO4.CH4/c1-20-15-26(31-27(16-20)33-21(2)7-8-22(33)3)10-9-23-17-25(19-30-18-23)24-11-13-32(14-12-24)28(34)35-29(4,5)6;1-13-8-18(7-6-16-10-17(20)12-21-11-16)22-19(9-13)23-14(2)4-5-15(23)3;1-14-9-18(22-19(20)10-14)4-3-15-11-17(13-21-12-15)16-5-7-23(2)8-6-16;1-10(2,3)16-9(13)12-6-4-8(5-7-12)11(14)15;/h7-8,11,15-19H,9-10,12-14H2,1-6H3;4-5,8-12H,6-7H2,1-3H3;9-13,16H,3-8H2,1-2H3,(H2,20,22);4,14-15H,5-7H2,1-3H3;1H4. The van der Waals surface area contributed by atoms with Gasteiger partial charge >= 0.3 is 19.3 Å². The van der Waals surface area contributed by atoms with Gasteiger partial charge in [0, 0.05) is 108 Å². The predicted octanol–water partition coefficient (Wildman–Crippen LogP) is 14.9. The molecule has 2 amide bonds. The zero-order valence-corrected chi connectivity index (χ0v) is 61.1. The molecule has 0 aromatic carbocycles. The second-order valence-corrected chi connectivity index (χ2v) is 28.9. The molecule has 522 valence electrons. The van der Waals surface area contributed by atoms with Crippen LogP contribution in [-0.2, 0) is 48.0 Å². The van der Waals surface area contributed by atoms with E-state index in [1.165, 1.54) is 98.1 Å². The van der Waals surface area contributed by atoms with Gasteiger partial charge in [0.2, 0.25) is 0 Å². The van der Waals surface area contributed by atoms with Crippen molar-refractivity contribution in [3.05, 3.63) is 223 Å². The molecule has 0 saturated carbocycles. The number of hydrogen-bond acceptors (Lipinski definition) is 14. The number of nitrogens with zero attached hydrogens (tertiary/aromatic N) is 11. The third-order valence-electron chi connectivity index (χ3n) is 17.1. The summed E-state index contributed by atoms with van der Waals surface area (Å²) >= 11 is 3.47. The van der Waals surface area contributed by atoms with Crippen LogP contribution in [0.25, 0.3) is 17.2 Å². The average Bonchev–Trinajstić information content (AvgIpc) is 1.65. The summed E-state index contributed by atoms with van der Waals surface area (Å²) in [6.07, 6.45) is 23.9. The number of likely N-dealkylation sites (tertiary alicyclic amines) is 1. The molecule has 98 heavy (non-hydrogen) atoms. The van der Waals surface area contributed by atoms with Crippen molar-refractivity contribution in [1.29, 1.82) is 0 Å². The maximum atomic E-state index is 12.3. The van der Waals surface area contributed by atoms with E-state index in [4.69, 9.17) is 35.2 Å². The Bertz CT molecular complexity index is 3970. The molecule has 0 spiro atoms. The largest absolute Gasteiger partial charge is 0.483 e. The summed E-state index contributed by atoms with van der Waals surface area (Å²) in [6.45, 7) is 30.3. The van der Waals surface area contributed by atoms with Crippen LogP contribution in [-0.4, -0.2) is 141 Å². The fourth-order valence-electron chi connectivity index (χ4n) is 12.1. The van der Waals surface area contributed by atoms with Gasteiger partial charge < -0.3 is 49.1 Å². The number of nitrogen functional groups attached to an aromatic ring is 1. The van der Waals surface area contributed by atoms with E-state index in [1.54, 1.807) is 11.0 Å². The molecule has 18 nitrogen and oxygen atoms in total. The highest BCUT2D eigenvalue weighted by molar-refractivity contribution is 9.10. The molecule has 4 N–H and O–H groups in total. The lowest BCUT2D eigenvalue weighted by molar-refractivity contribution is 0.0257. The molecule has 8 aromatic rings. The van der Waals surface area contributed by atoms with Crippen LogP contribution in [0.5, 0.6) is 0 Å². The number of piperidine rings is 1. The van der Waals surface area contributed by atoms with E-state index in [0.29, 0.717) is 49.8 Å². The molecule has 20 heteroatoms. The number of halogens is 1. The van der Waals surface area contributed by atoms with Crippen molar-refractivity contribution >= 4 is 46.6 Å². The summed E-state index contributed by atoms with van der Waals surface area (Å²) in [4.78, 5) is 57.1. The molecule has 0 radical (unpaired) electrons. The van der Waals surface area contributed by atoms with Gasteiger partial charge in [0.1, 0.15) is 28.7 Å². The van der Waals surface area contributed by atoms with E-state index < -0.39 is 18.3 Å². The molecule has 11 heterocycles. The highest BCUT2D eigenvalue weighted by atomic mass is 79.9.